The topological polar surface area (TPSA) is 40.1 Å². The fraction of sp³-hybridized carbons (Fsp3) is 0.391. The van der Waals surface area contributed by atoms with E-state index in [4.69, 9.17) is 33.7 Å². The molecule has 2 aromatic carbocycles. The van der Waals surface area contributed by atoms with Gasteiger partial charge in [0.2, 0.25) is 0 Å². The Morgan fingerprint density at radius 2 is 1.80 bits per heavy atom. The van der Waals surface area contributed by atoms with Crippen molar-refractivity contribution in [3.63, 3.8) is 0 Å². The highest BCUT2D eigenvalue weighted by atomic mass is 35.5. The van der Waals surface area contributed by atoms with E-state index in [1.165, 1.54) is 19.3 Å². The summed E-state index contributed by atoms with van der Waals surface area (Å²) in [5.74, 6) is 0.927. The molecule has 1 N–H and O–H groups in total. The number of halogens is 1. The molecule has 0 aliphatic carbocycles. The molecule has 2 aromatic rings. The number of hydrazine groups is 1. The van der Waals surface area contributed by atoms with Gasteiger partial charge in [-0.05, 0) is 42.7 Å². The summed E-state index contributed by atoms with van der Waals surface area (Å²) in [6.07, 6.45) is 3.66. The van der Waals surface area contributed by atoms with E-state index in [9.17, 15) is 0 Å². The summed E-state index contributed by atoms with van der Waals surface area (Å²) in [4.78, 5) is 0.692. The van der Waals surface area contributed by atoms with E-state index < -0.39 is 0 Å². The van der Waals surface area contributed by atoms with Crippen LogP contribution in [0.3, 0.4) is 0 Å². The van der Waals surface area contributed by atoms with Gasteiger partial charge in [-0.3, -0.25) is 5.01 Å². The molecule has 2 aliphatic heterocycles. The van der Waals surface area contributed by atoms with Crippen molar-refractivity contribution in [3.05, 3.63) is 59.1 Å². The van der Waals surface area contributed by atoms with Crippen molar-refractivity contribution in [2.45, 2.75) is 32.2 Å². The Hall–Kier alpha value is -2.15. The Morgan fingerprint density at radius 3 is 2.47 bits per heavy atom. The molecule has 0 amide bonds. The van der Waals surface area contributed by atoms with E-state index in [0.29, 0.717) is 10.0 Å². The molecule has 2 atom stereocenters. The minimum Gasteiger partial charge on any atom is -0.497 e. The molecule has 30 heavy (non-hydrogen) atoms. The lowest BCUT2D eigenvalue weighted by Crippen LogP contribution is -2.47. The van der Waals surface area contributed by atoms with Gasteiger partial charge in [0.05, 0.1) is 23.9 Å². The number of hydrogen-bond donors (Lipinski definition) is 1. The minimum absolute atomic E-state index is 0.00749. The highest BCUT2D eigenvalue weighted by Gasteiger charge is 2.39. The quantitative estimate of drug-likeness (QED) is 0.643. The number of anilines is 1. The van der Waals surface area contributed by atoms with Gasteiger partial charge in [-0.25, -0.2) is 5.01 Å². The second kappa shape index (κ2) is 9.33. The maximum Gasteiger partial charge on any atom is 0.137 e. The molecule has 2 unspecified atom stereocenters. The number of benzene rings is 2. The van der Waals surface area contributed by atoms with Gasteiger partial charge in [-0.2, -0.15) is 5.10 Å². The summed E-state index contributed by atoms with van der Waals surface area (Å²) < 4.78 is 5.33. The summed E-state index contributed by atoms with van der Waals surface area (Å²) in [5, 5.41) is 9.86. The van der Waals surface area contributed by atoms with Crippen molar-refractivity contribution < 1.29 is 4.74 Å². The number of methoxy groups -OCH3 is 1. The molecule has 1 saturated heterocycles. The molecule has 5 nitrogen and oxygen atoms in total. The molecule has 7 heteroatoms. The van der Waals surface area contributed by atoms with Crippen molar-refractivity contribution >= 4 is 40.2 Å². The van der Waals surface area contributed by atoms with Crippen LogP contribution in [-0.4, -0.2) is 35.9 Å². The smallest absolute Gasteiger partial charge is 0.137 e. The van der Waals surface area contributed by atoms with Gasteiger partial charge in [0.15, 0.2) is 0 Å². The predicted octanol–water partition coefficient (Wildman–Crippen LogP) is 5.22. The number of para-hydroxylation sites is 1. The summed E-state index contributed by atoms with van der Waals surface area (Å²) in [5.41, 5.74) is 6.33. The first-order valence-corrected chi connectivity index (χ1v) is 11.2. The van der Waals surface area contributed by atoms with Gasteiger partial charge in [0.25, 0.3) is 0 Å². The minimum atomic E-state index is -0.00749. The summed E-state index contributed by atoms with van der Waals surface area (Å²) in [6.45, 7) is 4.20. The molecule has 0 spiro atoms. The molecule has 0 aromatic heterocycles. The zero-order valence-corrected chi connectivity index (χ0v) is 18.9. The monoisotopic (exact) mass is 442 g/mol. The van der Waals surface area contributed by atoms with E-state index in [-0.39, 0.29) is 12.0 Å². The van der Waals surface area contributed by atoms with Gasteiger partial charge in [0, 0.05) is 19.0 Å². The van der Waals surface area contributed by atoms with Gasteiger partial charge < -0.3 is 10.2 Å². The van der Waals surface area contributed by atoms with Gasteiger partial charge >= 0.3 is 0 Å². The summed E-state index contributed by atoms with van der Waals surface area (Å²) in [7, 11) is 1.68. The van der Waals surface area contributed by atoms with Crippen LogP contribution in [0.1, 0.15) is 37.8 Å². The number of piperidine rings is 1. The molecule has 2 aliphatic rings. The Morgan fingerprint density at radius 1 is 1.10 bits per heavy atom. The van der Waals surface area contributed by atoms with Gasteiger partial charge in [-0.15, -0.1) is 0 Å². The van der Waals surface area contributed by atoms with Crippen LogP contribution in [0.15, 0.2) is 53.6 Å². The van der Waals surface area contributed by atoms with Crippen molar-refractivity contribution in [2.75, 3.05) is 25.2 Å². The molecule has 2 heterocycles. The number of nitrogens with one attached hydrogen (secondary N) is 1. The van der Waals surface area contributed by atoms with E-state index in [0.717, 1.165) is 35.8 Å². The van der Waals surface area contributed by atoms with Crippen LogP contribution in [0.5, 0.6) is 5.75 Å². The first kappa shape index (κ1) is 21.1. The highest BCUT2D eigenvalue weighted by Crippen LogP contribution is 2.42. The lowest BCUT2D eigenvalue weighted by Gasteiger charge is -2.29. The number of nitrogens with zero attached hydrogens (tertiary/aromatic N) is 3. The molecular formula is C23H27ClN4OS. The lowest BCUT2D eigenvalue weighted by atomic mass is 9.91. The SMILES string of the molecule is COc1ccc(C2C(C)C(C(=S)NN3CCCCC3)=NN2c2ccccc2Cl)cc1. The predicted molar refractivity (Wildman–Crippen MR) is 127 cm³/mol. The maximum atomic E-state index is 6.55. The van der Waals surface area contributed by atoms with Crippen LogP contribution in [-0.2, 0) is 0 Å². The molecule has 158 valence electrons. The van der Waals surface area contributed by atoms with E-state index >= 15 is 0 Å². The van der Waals surface area contributed by atoms with Crippen LogP contribution in [0.2, 0.25) is 5.02 Å². The van der Waals surface area contributed by atoms with Crippen LogP contribution in [0, 0.1) is 5.92 Å². The lowest BCUT2D eigenvalue weighted by molar-refractivity contribution is 0.197. The maximum absolute atomic E-state index is 6.55. The number of hydrogen-bond acceptors (Lipinski definition) is 5. The Balaban J connectivity index is 1.66. The Labute approximate surface area is 188 Å². The molecular weight excluding hydrogens is 416 g/mol. The highest BCUT2D eigenvalue weighted by molar-refractivity contribution is 7.82. The van der Waals surface area contributed by atoms with Crippen molar-refractivity contribution in [1.29, 1.82) is 0 Å². The largest absolute Gasteiger partial charge is 0.497 e. The average Bonchev–Trinajstić information content (AvgIpc) is 3.12. The van der Waals surface area contributed by atoms with E-state index in [2.05, 4.69) is 29.5 Å². The second-order valence-electron chi connectivity index (χ2n) is 7.78. The number of thiocarbonyl (C=S) groups is 1. The molecule has 0 bridgehead atoms. The molecule has 0 radical (unpaired) electrons. The third-order valence-electron chi connectivity index (χ3n) is 5.79. The zero-order valence-electron chi connectivity index (χ0n) is 17.3. The van der Waals surface area contributed by atoms with Crippen LogP contribution in [0.25, 0.3) is 0 Å². The second-order valence-corrected chi connectivity index (χ2v) is 8.59. The third-order valence-corrected chi connectivity index (χ3v) is 6.41. The van der Waals surface area contributed by atoms with Crippen molar-refractivity contribution in [1.82, 2.24) is 10.4 Å². The summed E-state index contributed by atoms with van der Waals surface area (Å²) >= 11 is 12.3. The van der Waals surface area contributed by atoms with Crippen LogP contribution < -0.4 is 15.2 Å². The average molecular weight is 443 g/mol. The molecule has 0 saturated carbocycles. The van der Waals surface area contributed by atoms with E-state index in [1.807, 2.05) is 41.4 Å². The number of ether oxygens (including phenoxy) is 1. The number of rotatable bonds is 5. The van der Waals surface area contributed by atoms with Gasteiger partial charge in [0.1, 0.15) is 16.4 Å². The van der Waals surface area contributed by atoms with Gasteiger partial charge in [-0.1, -0.05) is 61.4 Å². The number of hydrazone groups is 1. The van der Waals surface area contributed by atoms with Crippen LogP contribution in [0.4, 0.5) is 5.69 Å². The zero-order chi connectivity index (χ0) is 21.1. The van der Waals surface area contributed by atoms with Crippen molar-refractivity contribution in [3.8, 4) is 5.75 Å². The Bertz CT molecular complexity index is 927. The first-order valence-electron chi connectivity index (χ1n) is 10.4. The van der Waals surface area contributed by atoms with Crippen LogP contribution >= 0.6 is 23.8 Å². The third kappa shape index (κ3) is 4.31. The fourth-order valence-corrected chi connectivity index (χ4v) is 4.74. The Kier molecular flexibility index (Phi) is 6.56. The standard InChI is InChI=1S/C23H27ClN4OS/c1-16-21(23(30)26-27-14-6-3-7-15-27)25-28(20-9-5-4-8-19(20)24)22(16)17-10-12-18(29-2)13-11-17/h4-5,8-13,16,22H,3,6-7,14-15H2,1-2H3,(H,26,30). The normalized spacial score (nSPS) is 22.0. The first-order chi connectivity index (χ1) is 14.6. The fourth-order valence-electron chi connectivity index (χ4n) is 4.16. The van der Waals surface area contributed by atoms with Crippen molar-refractivity contribution in [2.24, 2.45) is 11.0 Å². The molecule has 1 fully saturated rings. The molecule has 4 rings (SSSR count). The summed E-state index contributed by atoms with van der Waals surface area (Å²) in [6, 6.07) is 15.9. The van der Waals surface area contributed by atoms with E-state index in [1.54, 1.807) is 7.11 Å².